The van der Waals surface area contributed by atoms with E-state index in [9.17, 15) is 4.79 Å². The van der Waals surface area contributed by atoms with E-state index in [0.29, 0.717) is 48.4 Å². The molecule has 0 aromatic carbocycles. The molecular formula is C27H46Cl2N8O2. The van der Waals surface area contributed by atoms with Crippen LogP contribution >= 0.6 is 24.8 Å². The molecule has 39 heavy (non-hydrogen) atoms. The van der Waals surface area contributed by atoms with Crippen molar-refractivity contribution in [1.29, 1.82) is 0 Å². The van der Waals surface area contributed by atoms with Crippen LogP contribution in [0.25, 0.3) is 0 Å². The van der Waals surface area contributed by atoms with Gasteiger partial charge in [-0.25, -0.2) is 4.79 Å². The topological polar surface area (TPSA) is 145 Å². The summed E-state index contributed by atoms with van der Waals surface area (Å²) in [5.74, 6) is 2.71. The fourth-order valence-electron chi connectivity index (χ4n) is 5.23. The summed E-state index contributed by atoms with van der Waals surface area (Å²) in [6.07, 6.45) is 1.76. The number of carbonyl (C=O) groups is 1. The number of aromatic nitrogens is 4. The highest BCUT2D eigenvalue weighted by molar-refractivity contribution is 5.85. The predicted molar refractivity (Wildman–Crippen MR) is 161 cm³/mol. The first-order chi connectivity index (χ1) is 17.4. The number of nitrogens with two attached hydrogens (primary N) is 2. The van der Waals surface area contributed by atoms with E-state index in [1.54, 1.807) is 4.90 Å². The van der Waals surface area contributed by atoms with E-state index in [1.165, 1.54) is 5.56 Å². The molecule has 220 valence electrons. The van der Waals surface area contributed by atoms with Crippen molar-refractivity contribution in [3.8, 4) is 0 Å². The lowest BCUT2D eigenvalue weighted by molar-refractivity contribution is 0.0153. The number of nitrogens with one attached hydrogen (secondary N) is 1. The highest BCUT2D eigenvalue weighted by Gasteiger charge is 2.33. The van der Waals surface area contributed by atoms with Gasteiger partial charge in [0.2, 0.25) is 0 Å². The van der Waals surface area contributed by atoms with Crippen LogP contribution in [0.4, 0.5) is 16.4 Å². The molecule has 1 amide bonds. The average molecular weight is 586 g/mol. The van der Waals surface area contributed by atoms with Crippen LogP contribution in [-0.2, 0) is 4.74 Å². The third-order valence-corrected chi connectivity index (χ3v) is 7.13. The largest absolute Gasteiger partial charge is 0.444 e. The molecule has 0 spiro atoms. The van der Waals surface area contributed by atoms with Gasteiger partial charge in [0.05, 0.1) is 11.4 Å². The van der Waals surface area contributed by atoms with E-state index in [2.05, 4.69) is 46.5 Å². The lowest BCUT2D eigenvalue weighted by Gasteiger charge is -2.37. The number of rotatable bonds is 2. The quantitative estimate of drug-likeness (QED) is 0.458. The summed E-state index contributed by atoms with van der Waals surface area (Å²) in [4.78, 5) is 14.0. The third kappa shape index (κ3) is 9.61. The average Bonchev–Trinajstić information content (AvgIpc) is 2.80. The van der Waals surface area contributed by atoms with Crippen molar-refractivity contribution >= 4 is 42.5 Å². The first kappa shape index (κ1) is 34.6. The maximum absolute atomic E-state index is 12.2. The summed E-state index contributed by atoms with van der Waals surface area (Å²) in [6.45, 7) is 17.6. The van der Waals surface area contributed by atoms with Crippen LogP contribution in [0.3, 0.4) is 0 Å². The van der Waals surface area contributed by atoms with Crippen LogP contribution in [0, 0.1) is 25.7 Å². The van der Waals surface area contributed by atoms with E-state index in [0.717, 1.165) is 42.9 Å². The molecular weight excluding hydrogens is 539 g/mol. The SMILES string of the molecule is Cc1cc(N)nnc1[C@@H]1CCN(C(=O)OC(C)(C)C)C[C@H]1C.Cc1cc(N)nnc1[C@@H]1CCNC[C@H]1C.Cl.Cl. The molecule has 2 aliphatic rings. The Morgan fingerprint density at radius 2 is 1.44 bits per heavy atom. The predicted octanol–water partition coefficient (Wildman–Crippen LogP) is 4.65. The molecule has 2 aliphatic heterocycles. The second-order valence-corrected chi connectivity index (χ2v) is 11.6. The molecule has 10 nitrogen and oxygen atoms in total. The number of nitrogen functional groups attached to an aromatic ring is 2. The van der Waals surface area contributed by atoms with E-state index >= 15 is 0 Å². The minimum Gasteiger partial charge on any atom is -0.444 e. The summed E-state index contributed by atoms with van der Waals surface area (Å²) in [5, 5.41) is 19.8. The number of anilines is 2. The zero-order chi connectivity index (χ0) is 27.3. The van der Waals surface area contributed by atoms with Gasteiger partial charge in [0.1, 0.15) is 17.2 Å². The first-order valence-electron chi connectivity index (χ1n) is 13.2. The van der Waals surface area contributed by atoms with E-state index < -0.39 is 5.60 Å². The Labute approximate surface area is 245 Å². The van der Waals surface area contributed by atoms with E-state index in [4.69, 9.17) is 16.2 Å². The van der Waals surface area contributed by atoms with Gasteiger partial charge >= 0.3 is 6.09 Å². The Balaban J connectivity index is 0.000000394. The van der Waals surface area contributed by atoms with Gasteiger partial charge in [0, 0.05) is 24.9 Å². The zero-order valence-electron chi connectivity index (χ0n) is 24.2. The standard InChI is InChI=1S/C16H26N4O2.C11H18N4.2ClH/c1-10-8-13(17)18-19-14(10)12-6-7-20(9-11(12)2)15(21)22-16(3,4)5;1-7-5-10(12)14-15-11(7)9-3-4-13-6-8(9)2;;/h8,11-12H,6-7,9H2,1-5H3,(H2,17,18);5,8-9,13H,3-4,6H2,1-2H3,(H2,12,14);2*1H/t11-,12-;8-,9-;;/m11../s1. The van der Waals surface area contributed by atoms with Crippen LogP contribution < -0.4 is 16.8 Å². The molecule has 2 aromatic heterocycles. The Kier molecular flexibility index (Phi) is 13.1. The molecule has 0 radical (unpaired) electrons. The van der Waals surface area contributed by atoms with Gasteiger partial charge in [-0.3, -0.25) is 0 Å². The second kappa shape index (κ2) is 14.8. The molecule has 4 rings (SSSR count). The lowest BCUT2D eigenvalue weighted by Crippen LogP contribution is -2.44. The molecule has 2 saturated heterocycles. The Hall–Kier alpha value is -2.43. The Morgan fingerprint density at radius 1 is 0.923 bits per heavy atom. The molecule has 0 aliphatic carbocycles. The smallest absolute Gasteiger partial charge is 0.410 e. The number of hydrogen-bond donors (Lipinski definition) is 3. The number of amides is 1. The molecule has 2 fully saturated rings. The van der Waals surface area contributed by atoms with Crippen molar-refractivity contribution in [1.82, 2.24) is 30.6 Å². The zero-order valence-corrected chi connectivity index (χ0v) is 25.9. The minimum atomic E-state index is -0.462. The maximum atomic E-state index is 12.2. The third-order valence-electron chi connectivity index (χ3n) is 7.13. The number of nitrogens with zero attached hydrogens (tertiary/aromatic N) is 5. The number of piperidine rings is 2. The molecule has 5 N–H and O–H groups in total. The fourth-order valence-corrected chi connectivity index (χ4v) is 5.23. The van der Waals surface area contributed by atoms with Gasteiger partial charge in [0.15, 0.2) is 0 Å². The van der Waals surface area contributed by atoms with E-state index in [-0.39, 0.29) is 30.9 Å². The molecule has 4 heterocycles. The number of hydrogen-bond acceptors (Lipinski definition) is 9. The summed E-state index contributed by atoms with van der Waals surface area (Å²) in [6, 6.07) is 3.77. The fraction of sp³-hybridized carbons (Fsp3) is 0.667. The van der Waals surface area contributed by atoms with Crippen LogP contribution in [0.15, 0.2) is 12.1 Å². The van der Waals surface area contributed by atoms with Crippen molar-refractivity contribution in [3.63, 3.8) is 0 Å². The maximum Gasteiger partial charge on any atom is 0.410 e. The molecule has 12 heteroatoms. The van der Waals surface area contributed by atoms with Gasteiger partial charge in [0.25, 0.3) is 0 Å². The van der Waals surface area contributed by atoms with Crippen molar-refractivity contribution in [2.24, 2.45) is 11.8 Å². The number of aryl methyl sites for hydroxylation is 2. The highest BCUT2D eigenvalue weighted by Crippen LogP contribution is 2.34. The lowest BCUT2D eigenvalue weighted by atomic mass is 9.83. The second-order valence-electron chi connectivity index (χ2n) is 11.6. The van der Waals surface area contributed by atoms with Crippen LogP contribution in [0.2, 0.25) is 0 Å². The Morgan fingerprint density at radius 3 is 1.87 bits per heavy atom. The molecule has 2 aromatic rings. The van der Waals surface area contributed by atoms with Crippen molar-refractivity contribution < 1.29 is 9.53 Å². The van der Waals surface area contributed by atoms with Crippen molar-refractivity contribution in [2.75, 3.05) is 37.6 Å². The van der Waals surface area contributed by atoms with Gasteiger partial charge in [-0.2, -0.15) is 10.2 Å². The molecule has 0 bridgehead atoms. The van der Waals surface area contributed by atoms with Crippen LogP contribution in [-0.4, -0.2) is 63.2 Å². The van der Waals surface area contributed by atoms with E-state index in [1.807, 2.05) is 39.8 Å². The molecule has 0 unspecified atom stereocenters. The van der Waals surface area contributed by atoms with Crippen LogP contribution in [0.1, 0.15) is 81.8 Å². The molecule has 0 saturated carbocycles. The number of carbonyl (C=O) groups excluding carboxylic acids is 1. The van der Waals surface area contributed by atoms with Crippen LogP contribution in [0.5, 0.6) is 0 Å². The van der Waals surface area contributed by atoms with Crippen molar-refractivity contribution in [3.05, 3.63) is 34.6 Å². The Bertz CT molecular complexity index is 1080. The summed E-state index contributed by atoms with van der Waals surface area (Å²) >= 11 is 0. The molecule has 4 atom stereocenters. The minimum absolute atomic E-state index is 0. The first-order valence-corrected chi connectivity index (χ1v) is 13.2. The monoisotopic (exact) mass is 584 g/mol. The summed E-state index contributed by atoms with van der Waals surface area (Å²) in [7, 11) is 0. The van der Waals surface area contributed by atoms with Crippen molar-refractivity contribution in [2.45, 2.75) is 78.7 Å². The van der Waals surface area contributed by atoms with Gasteiger partial charge < -0.3 is 26.4 Å². The van der Waals surface area contributed by atoms with Gasteiger partial charge in [-0.1, -0.05) is 13.8 Å². The number of likely N-dealkylation sites (tertiary alicyclic amines) is 1. The van der Waals surface area contributed by atoms with Gasteiger partial charge in [-0.15, -0.1) is 35.0 Å². The summed E-state index contributed by atoms with van der Waals surface area (Å²) < 4.78 is 5.45. The number of halogens is 2. The number of ether oxygens (including phenoxy) is 1. The summed E-state index contributed by atoms with van der Waals surface area (Å²) in [5.41, 5.74) is 15.2. The highest BCUT2D eigenvalue weighted by atomic mass is 35.5. The van der Waals surface area contributed by atoms with Gasteiger partial charge in [-0.05, 0) is 95.6 Å². The normalized spacial score (nSPS) is 22.9.